The van der Waals surface area contributed by atoms with Gasteiger partial charge in [-0.3, -0.25) is 5.43 Å². The standard InChI is InChI=1S/C52H39N3O14S.C44H46N2O5/c1-3-46(56)65-31-63-39-18-10-35(11-19-39)49(59)67-41-22-14-34(15-23-41)48(58)62-28-27-33-9-26-44(38(29-33)30-53-55-52-54-43-7-5-6-8-45(43)70-52)69-51(61)37-16-24-42(25-17-37)68-50(60)36-12-20-40(21-13-36)64-32-66-47(57)4-2;1-3-5-12-33-15-17-34(18-16-33)19-20-35-21-26-42(39(29-35)32-45-46-40-30-37-13-8-9-14-38(37)31-40)51-44(48)36-22-24-41(25-23-36)49-27-10-6-7-11-28-50-43(47)4-2/h3-26,29-30H,1-2,27-28,31-32H2,(H,54,55);4,8-9,13-18,21-26,29,32,40,46H,2-3,5-7,10-12,27-28,30-31H2,1H3/b53-30+;45-32+. The molecule has 0 atom stereocenters. The summed E-state index contributed by atoms with van der Waals surface area (Å²) in [5, 5.41) is 9.47. The number of anilines is 1. The molecular formula is C96H85N5O19S. The molecule has 1 heterocycles. The Morgan fingerprint density at radius 2 is 0.884 bits per heavy atom. The number of unbranched alkanes of at least 4 members (excludes halogenated alkanes) is 4. The van der Waals surface area contributed by atoms with Gasteiger partial charge in [0.25, 0.3) is 0 Å². The number of esters is 8. The minimum Gasteiger partial charge on any atom is -0.494 e. The third-order valence-corrected chi connectivity index (χ3v) is 19.1. The van der Waals surface area contributed by atoms with Gasteiger partial charge in [0.05, 0.1) is 76.3 Å². The van der Waals surface area contributed by atoms with Crippen molar-refractivity contribution in [3.63, 3.8) is 0 Å². The van der Waals surface area contributed by atoms with Gasteiger partial charge in [0.15, 0.2) is 0 Å². The summed E-state index contributed by atoms with van der Waals surface area (Å²) in [6, 6.07) is 65.9. The van der Waals surface area contributed by atoms with E-state index in [1.54, 1.807) is 54.7 Å². The van der Waals surface area contributed by atoms with Gasteiger partial charge in [-0.15, -0.1) is 0 Å². The molecule has 25 heteroatoms. The van der Waals surface area contributed by atoms with Crippen LogP contribution in [-0.4, -0.2) is 105 Å². The Balaban J connectivity index is 0.000000248. The molecule has 10 aromatic carbocycles. The van der Waals surface area contributed by atoms with Crippen molar-refractivity contribution in [3.8, 4) is 52.1 Å². The molecule has 614 valence electrons. The predicted octanol–water partition coefficient (Wildman–Crippen LogP) is 17.3. The Kier molecular flexibility index (Phi) is 32.6. The molecule has 24 nitrogen and oxygen atoms in total. The molecule has 0 unspecified atom stereocenters. The predicted molar refractivity (Wildman–Crippen MR) is 458 cm³/mol. The Hall–Kier alpha value is -15.0. The number of rotatable bonds is 38. The van der Waals surface area contributed by atoms with Gasteiger partial charge in [-0.2, -0.15) is 10.2 Å². The van der Waals surface area contributed by atoms with Gasteiger partial charge in [-0.1, -0.05) is 111 Å². The highest BCUT2D eigenvalue weighted by molar-refractivity contribution is 7.22. The van der Waals surface area contributed by atoms with Crippen molar-refractivity contribution in [1.29, 1.82) is 0 Å². The van der Waals surface area contributed by atoms with Crippen LogP contribution >= 0.6 is 11.3 Å². The topological polar surface area (TPSA) is 300 Å². The summed E-state index contributed by atoms with van der Waals surface area (Å²) >= 11 is 1.41. The van der Waals surface area contributed by atoms with Crippen LogP contribution in [0.2, 0.25) is 0 Å². The molecule has 0 bridgehead atoms. The number of thiazole rings is 1. The largest absolute Gasteiger partial charge is 0.494 e. The number of ether oxygens (including phenoxy) is 11. The second-order valence-corrected chi connectivity index (χ2v) is 27.9. The van der Waals surface area contributed by atoms with E-state index in [1.807, 2.05) is 36.4 Å². The number of benzene rings is 10. The first kappa shape index (κ1) is 86.8. The number of aromatic nitrogens is 1. The van der Waals surface area contributed by atoms with Gasteiger partial charge in [-0.05, 0) is 250 Å². The number of para-hydroxylation sites is 1. The zero-order chi connectivity index (χ0) is 84.9. The number of carbonyl (C=O) groups excluding carboxylic acids is 8. The van der Waals surface area contributed by atoms with Gasteiger partial charge in [0.2, 0.25) is 18.7 Å². The smallest absolute Gasteiger partial charge is 0.343 e. The highest BCUT2D eigenvalue weighted by atomic mass is 32.1. The van der Waals surface area contributed by atoms with Crippen molar-refractivity contribution in [3.05, 3.63) is 341 Å². The Bertz CT molecular complexity index is 5520. The van der Waals surface area contributed by atoms with Crippen molar-refractivity contribution in [2.75, 3.05) is 38.8 Å². The normalized spacial score (nSPS) is 11.2. The van der Waals surface area contributed by atoms with Crippen LogP contribution in [0.5, 0.6) is 40.2 Å². The molecule has 0 amide bonds. The molecule has 12 rings (SSSR count). The molecule has 121 heavy (non-hydrogen) atoms. The number of hydrogen-bond acceptors (Lipinski definition) is 25. The lowest BCUT2D eigenvalue weighted by Crippen LogP contribution is -2.24. The zero-order valence-electron chi connectivity index (χ0n) is 66.1. The summed E-state index contributed by atoms with van der Waals surface area (Å²) in [7, 11) is 0. The van der Waals surface area contributed by atoms with Crippen LogP contribution in [0.4, 0.5) is 5.13 Å². The molecule has 1 aromatic heterocycles. The van der Waals surface area contributed by atoms with Crippen LogP contribution in [0.15, 0.2) is 279 Å². The Morgan fingerprint density at radius 1 is 0.430 bits per heavy atom. The second-order valence-electron chi connectivity index (χ2n) is 26.9. The van der Waals surface area contributed by atoms with E-state index in [9.17, 15) is 38.4 Å². The van der Waals surface area contributed by atoms with Crippen molar-refractivity contribution in [2.45, 2.75) is 77.2 Å². The van der Waals surface area contributed by atoms with Gasteiger partial charge >= 0.3 is 47.8 Å². The number of nitrogens with zero attached hydrogens (tertiary/aromatic N) is 3. The average molecular weight is 1640 g/mol. The zero-order valence-corrected chi connectivity index (χ0v) is 67.0. The number of fused-ring (bicyclic) bond motifs is 2. The molecule has 0 radical (unpaired) electrons. The van der Waals surface area contributed by atoms with Gasteiger partial charge in [0, 0.05) is 46.9 Å². The van der Waals surface area contributed by atoms with Crippen molar-refractivity contribution < 1.29 is 90.5 Å². The molecule has 0 spiro atoms. The maximum Gasteiger partial charge on any atom is 0.343 e. The number of aryl methyl sites for hydroxylation is 1. The lowest BCUT2D eigenvalue weighted by molar-refractivity contribution is -0.145. The first-order valence-electron chi connectivity index (χ1n) is 38.7. The van der Waals surface area contributed by atoms with Crippen LogP contribution in [0.25, 0.3) is 10.2 Å². The van der Waals surface area contributed by atoms with Gasteiger partial charge < -0.3 is 57.5 Å². The highest BCUT2D eigenvalue weighted by Crippen LogP contribution is 2.29. The number of hydrogen-bond donors (Lipinski definition) is 2. The van der Waals surface area contributed by atoms with Crippen molar-refractivity contribution >= 4 is 86.9 Å². The van der Waals surface area contributed by atoms with E-state index in [-0.39, 0.29) is 72.2 Å². The first-order valence-corrected chi connectivity index (χ1v) is 39.6. The van der Waals surface area contributed by atoms with E-state index >= 15 is 0 Å². The van der Waals surface area contributed by atoms with Crippen molar-refractivity contribution in [2.24, 2.45) is 10.2 Å². The molecule has 0 aliphatic heterocycles. The van der Waals surface area contributed by atoms with E-state index in [2.05, 4.69) is 113 Å². The van der Waals surface area contributed by atoms with Crippen LogP contribution in [-0.2, 0) is 59.0 Å². The lowest BCUT2D eigenvalue weighted by Gasteiger charge is -2.11. The molecule has 1 aliphatic rings. The molecule has 0 saturated carbocycles. The summed E-state index contributed by atoms with van der Waals surface area (Å²) in [6.45, 7) is 12.5. The fourth-order valence-corrected chi connectivity index (χ4v) is 12.6. The second kappa shape index (κ2) is 45.5. The average Bonchev–Trinajstić information content (AvgIpc) is 1.82. The minimum absolute atomic E-state index is 0.00267. The lowest BCUT2D eigenvalue weighted by atomic mass is 10.1. The molecule has 0 fully saturated rings. The fraction of sp³-hybridized carbons (Fsp3) is 0.177. The van der Waals surface area contributed by atoms with Gasteiger partial charge in [0.1, 0.15) is 40.2 Å². The summed E-state index contributed by atoms with van der Waals surface area (Å²) in [5.74, 6) is 4.12. The maximum atomic E-state index is 13.4. The number of carbonyl (C=O) groups is 8. The number of nitrogens with one attached hydrogen (secondary N) is 2. The summed E-state index contributed by atoms with van der Waals surface area (Å²) in [4.78, 5) is 103. The Labute approximate surface area is 703 Å². The van der Waals surface area contributed by atoms with Crippen molar-refractivity contribution in [1.82, 2.24) is 10.4 Å². The van der Waals surface area contributed by atoms with Crippen LogP contribution in [0, 0.1) is 11.8 Å². The molecular weight excluding hydrogens is 1560 g/mol. The first-order chi connectivity index (χ1) is 59.0. The van der Waals surface area contributed by atoms with E-state index in [0.717, 1.165) is 84.0 Å². The van der Waals surface area contributed by atoms with Crippen LogP contribution < -0.4 is 44.0 Å². The molecule has 2 N–H and O–H groups in total. The van der Waals surface area contributed by atoms with E-state index in [4.69, 9.17) is 52.1 Å². The summed E-state index contributed by atoms with van der Waals surface area (Å²) in [6.07, 6.45) is 15.5. The van der Waals surface area contributed by atoms with Crippen LogP contribution in [0.1, 0.15) is 142 Å². The maximum absolute atomic E-state index is 13.4. The molecule has 1 aliphatic carbocycles. The molecule has 0 saturated heterocycles. The highest BCUT2D eigenvalue weighted by Gasteiger charge is 2.22. The van der Waals surface area contributed by atoms with E-state index < -0.39 is 47.8 Å². The third-order valence-electron chi connectivity index (χ3n) is 18.2. The van der Waals surface area contributed by atoms with Crippen LogP contribution in [0.3, 0.4) is 0 Å². The van der Waals surface area contributed by atoms with E-state index in [0.29, 0.717) is 58.0 Å². The SMILES string of the molecule is C=CC(=O)OCCCCCCOc1ccc(C(=O)Oc2ccc(C#Cc3ccc(CCCC)cc3)cc2/C=N/NC2Cc3ccccc3C2)cc1.C=CC(=O)OCOc1ccc(C(=O)Oc2ccc(C(=O)OCCc3ccc(OC(=O)c4ccc(OC(=O)c5ccc(OCOC(=O)C=C)cc5)cc4)c(/C=N/Nc4nc5ccccc5s4)c3)cc2)cc1. The summed E-state index contributed by atoms with van der Waals surface area (Å²) < 4.78 is 60.1. The Morgan fingerprint density at radius 3 is 1.43 bits per heavy atom. The molecule has 11 aromatic rings. The minimum atomic E-state index is -0.699. The quantitative estimate of drug-likeness (QED) is 0.00418. The third kappa shape index (κ3) is 27.6. The number of hydrazone groups is 2. The monoisotopic (exact) mass is 1640 g/mol. The fourth-order valence-electron chi connectivity index (χ4n) is 11.8. The van der Waals surface area contributed by atoms with Gasteiger partial charge in [-0.25, -0.2) is 43.3 Å². The van der Waals surface area contributed by atoms with E-state index in [1.165, 1.54) is 150 Å². The summed E-state index contributed by atoms with van der Waals surface area (Å²) in [5.41, 5.74) is 15.8.